The fraction of sp³-hybridized carbons (Fsp3) is 0.936. The van der Waals surface area contributed by atoms with E-state index in [0.717, 1.165) is 44.9 Å². The molecule has 1 saturated carbocycles. The van der Waals surface area contributed by atoms with Crippen LogP contribution >= 0.6 is 7.82 Å². The Bertz CT molecular complexity index is 1100. The second kappa shape index (κ2) is 37.3. The zero-order valence-corrected chi connectivity index (χ0v) is 39.2. The second-order valence-corrected chi connectivity index (χ2v) is 19.3. The molecule has 0 aliphatic heterocycles. The predicted molar refractivity (Wildman–Crippen MR) is 243 cm³/mol. The molecule has 14 heteroatoms. The van der Waals surface area contributed by atoms with E-state index in [1.165, 1.54) is 147 Å². The van der Waals surface area contributed by atoms with E-state index >= 15 is 0 Å². The summed E-state index contributed by atoms with van der Waals surface area (Å²) in [7, 11) is -5.13. The Morgan fingerprint density at radius 2 is 0.934 bits per heavy atom. The lowest BCUT2D eigenvalue weighted by Gasteiger charge is -2.41. The van der Waals surface area contributed by atoms with Crippen molar-refractivity contribution in [2.24, 2.45) is 0 Å². The summed E-state index contributed by atoms with van der Waals surface area (Å²) in [6, 6.07) is -1.23. The molecular weight excluding hydrogens is 801 g/mol. The predicted octanol–water partition coefficient (Wildman–Crippen LogP) is 8.59. The van der Waals surface area contributed by atoms with Crippen LogP contribution in [0.1, 0.15) is 219 Å². The molecule has 1 amide bonds. The van der Waals surface area contributed by atoms with E-state index in [4.69, 9.17) is 9.05 Å². The fourth-order valence-electron chi connectivity index (χ4n) is 8.07. The van der Waals surface area contributed by atoms with Crippen LogP contribution in [-0.4, -0.2) is 108 Å². The highest BCUT2D eigenvalue weighted by molar-refractivity contribution is 7.47. The van der Waals surface area contributed by atoms with Crippen molar-refractivity contribution in [2.45, 2.75) is 274 Å². The van der Waals surface area contributed by atoms with E-state index in [0.29, 0.717) is 12.8 Å². The highest BCUT2D eigenvalue weighted by atomic mass is 31.2. The van der Waals surface area contributed by atoms with Gasteiger partial charge in [0.15, 0.2) is 0 Å². The van der Waals surface area contributed by atoms with Gasteiger partial charge in [0.1, 0.15) is 36.6 Å². The Morgan fingerprint density at radius 3 is 1.34 bits per heavy atom. The standard InChI is InChI=1S/C47H92NO12P/c1-3-5-7-9-11-13-15-16-17-18-19-20-21-22-23-24-25-26-28-30-32-34-38(49)36-41(51)48-39(40(50)35-33-31-29-27-14-12-10-8-6-4-2)37-59-61(57,58)60-47-45(55)43(53)42(52)44(54)46(47)56/h33,35,38-40,42-47,49-50,52-56H,3-32,34,36-37H2,1-2H3,(H,48,51)(H,57,58)/b35-33+. The number of carbonyl (C=O) groups excluding carboxylic acids is 1. The van der Waals surface area contributed by atoms with Crippen LogP contribution in [0.2, 0.25) is 0 Å². The topological polar surface area (TPSA) is 226 Å². The highest BCUT2D eigenvalue weighted by Crippen LogP contribution is 2.47. The van der Waals surface area contributed by atoms with Crippen LogP contribution in [0.3, 0.4) is 0 Å². The molecule has 8 atom stereocenters. The van der Waals surface area contributed by atoms with Crippen molar-refractivity contribution in [1.29, 1.82) is 0 Å². The normalized spacial score (nSPS) is 23.2. The van der Waals surface area contributed by atoms with Gasteiger partial charge in [-0.05, 0) is 19.3 Å². The minimum Gasteiger partial charge on any atom is -0.393 e. The Hall–Kier alpha value is -0.960. The van der Waals surface area contributed by atoms with Crippen molar-refractivity contribution in [3.8, 4) is 0 Å². The third-order valence-corrected chi connectivity index (χ3v) is 13.1. The number of nitrogens with one attached hydrogen (secondary N) is 1. The molecule has 1 aliphatic carbocycles. The molecular formula is C47H92NO12P. The maximum atomic E-state index is 13.0. The maximum Gasteiger partial charge on any atom is 0.472 e. The van der Waals surface area contributed by atoms with Crippen LogP contribution in [0.25, 0.3) is 0 Å². The molecule has 362 valence electrons. The first-order chi connectivity index (χ1) is 29.3. The third kappa shape index (κ3) is 29.2. The first-order valence-electron chi connectivity index (χ1n) is 24.7. The van der Waals surface area contributed by atoms with Crippen LogP contribution in [0.4, 0.5) is 0 Å². The van der Waals surface area contributed by atoms with Crippen LogP contribution in [-0.2, 0) is 18.4 Å². The Labute approximate surface area is 370 Å². The Balaban J connectivity index is 2.40. The monoisotopic (exact) mass is 894 g/mol. The molecule has 0 aromatic rings. The number of phosphoric ester groups is 1. The molecule has 61 heavy (non-hydrogen) atoms. The molecule has 0 bridgehead atoms. The molecule has 0 saturated heterocycles. The number of hydrogen-bond acceptors (Lipinski definition) is 11. The lowest BCUT2D eigenvalue weighted by atomic mass is 9.85. The van der Waals surface area contributed by atoms with Gasteiger partial charge in [-0.15, -0.1) is 0 Å². The first-order valence-corrected chi connectivity index (χ1v) is 26.2. The Kier molecular flexibility index (Phi) is 35.5. The molecule has 8 unspecified atom stereocenters. The summed E-state index contributed by atoms with van der Waals surface area (Å²) in [5, 5.41) is 74.4. The molecule has 1 fully saturated rings. The third-order valence-electron chi connectivity index (χ3n) is 12.1. The zero-order chi connectivity index (χ0) is 45.1. The minimum absolute atomic E-state index is 0.240. The first kappa shape index (κ1) is 58.1. The minimum atomic E-state index is -5.13. The summed E-state index contributed by atoms with van der Waals surface area (Å²) >= 11 is 0. The van der Waals surface area contributed by atoms with E-state index in [-0.39, 0.29) is 6.42 Å². The van der Waals surface area contributed by atoms with Crippen LogP contribution in [0.15, 0.2) is 12.2 Å². The average Bonchev–Trinajstić information content (AvgIpc) is 3.23. The van der Waals surface area contributed by atoms with Crippen LogP contribution < -0.4 is 5.32 Å². The molecule has 0 aromatic carbocycles. The lowest BCUT2D eigenvalue weighted by Crippen LogP contribution is -2.64. The van der Waals surface area contributed by atoms with Gasteiger partial charge in [0.25, 0.3) is 0 Å². The van der Waals surface area contributed by atoms with E-state index < -0.39 is 75.2 Å². The van der Waals surface area contributed by atoms with Crippen molar-refractivity contribution in [3.63, 3.8) is 0 Å². The number of unbranched alkanes of at least 4 members (excludes halogenated alkanes) is 28. The quantitative estimate of drug-likeness (QED) is 0.0160. The van der Waals surface area contributed by atoms with Crippen molar-refractivity contribution in [3.05, 3.63) is 12.2 Å². The number of allylic oxidation sites excluding steroid dienone is 1. The van der Waals surface area contributed by atoms with Gasteiger partial charge >= 0.3 is 7.82 Å². The van der Waals surface area contributed by atoms with Gasteiger partial charge < -0.3 is 46.0 Å². The molecule has 0 aromatic heterocycles. The van der Waals surface area contributed by atoms with Gasteiger partial charge in [-0.3, -0.25) is 13.8 Å². The Morgan fingerprint density at radius 1 is 0.574 bits per heavy atom. The van der Waals surface area contributed by atoms with Crippen LogP contribution in [0.5, 0.6) is 0 Å². The number of rotatable bonds is 41. The summed E-state index contributed by atoms with van der Waals surface area (Å²) < 4.78 is 22.8. The lowest BCUT2D eigenvalue weighted by molar-refractivity contribution is -0.220. The SMILES string of the molecule is CCCCCCCCCC/C=C/C(O)C(COP(=O)(O)OC1C(O)C(O)C(O)C(O)C1O)NC(=O)CC(O)CCCCCCCCCCCCCCCCCCCCCCC. The highest BCUT2D eigenvalue weighted by Gasteiger charge is 2.51. The van der Waals surface area contributed by atoms with Crippen molar-refractivity contribution >= 4 is 13.7 Å². The molecule has 0 radical (unpaired) electrons. The largest absolute Gasteiger partial charge is 0.472 e. The molecule has 1 rings (SSSR count). The summed E-state index contributed by atoms with van der Waals surface area (Å²) in [5.74, 6) is -0.591. The maximum absolute atomic E-state index is 13.0. The van der Waals surface area contributed by atoms with Crippen LogP contribution in [0, 0.1) is 0 Å². The van der Waals surface area contributed by atoms with Gasteiger partial charge in [-0.2, -0.15) is 0 Å². The summed E-state index contributed by atoms with van der Waals surface area (Å²) in [6.07, 6.45) is 26.1. The number of amides is 1. The smallest absolute Gasteiger partial charge is 0.393 e. The molecule has 1 aliphatic rings. The fourth-order valence-corrected chi connectivity index (χ4v) is 9.03. The van der Waals surface area contributed by atoms with Gasteiger partial charge in [0.05, 0.1) is 31.3 Å². The number of phosphoric acid groups is 1. The summed E-state index contributed by atoms with van der Waals surface area (Å²) in [6.45, 7) is 3.72. The molecule has 0 heterocycles. The second-order valence-electron chi connectivity index (χ2n) is 17.9. The van der Waals surface area contributed by atoms with E-state index in [9.17, 15) is 50.0 Å². The number of carbonyl (C=O) groups is 1. The molecule has 13 nitrogen and oxygen atoms in total. The average molecular weight is 894 g/mol. The van der Waals surface area contributed by atoms with Gasteiger partial charge in [-0.25, -0.2) is 4.57 Å². The van der Waals surface area contributed by atoms with Gasteiger partial charge in [-0.1, -0.05) is 206 Å². The zero-order valence-electron chi connectivity index (χ0n) is 38.3. The molecule has 9 N–H and O–H groups in total. The number of hydrogen-bond donors (Lipinski definition) is 9. The summed E-state index contributed by atoms with van der Waals surface area (Å²) in [5.41, 5.74) is 0. The van der Waals surface area contributed by atoms with E-state index in [2.05, 4.69) is 19.2 Å². The number of aliphatic hydroxyl groups excluding tert-OH is 7. The van der Waals surface area contributed by atoms with Crippen molar-refractivity contribution in [1.82, 2.24) is 5.32 Å². The summed E-state index contributed by atoms with van der Waals surface area (Å²) in [4.78, 5) is 23.4. The van der Waals surface area contributed by atoms with Crippen molar-refractivity contribution in [2.75, 3.05) is 6.61 Å². The van der Waals surface area contributed by atoms with E-state index in [1.54, 1.807) is 6.08 Å². The van der Waals surface area contributed by atoms with E-state index in [1.807, 2.05) is 0 Å². The number of aliphatic hydroxyl groups is 7. The molecule has 0 spiro atoms. The van der Waals surface area contributed by atoms with Crippen molar-refractivity contribution < 1.29 is 59.0 Å². The van der Waals surface area contributed by atoms with Gasteiger partial charge in [0, 0.05) is 0 Å². The van der Waals surface area contributed by atoms with Gasteiger partial charge in [0.2, 0.25) is 5.91 Å².